The fraction of sp³-hybridized carbons (Fsp3) is 0.976. The molecule has 0 aliphatic carbocycles. The minimum absolute atomic E-state index is 0.0842. The predicted molar refractivity (Wildman–Crippen MR) is 212 cm³/mol. The second-order valence-corrected chi connectivity index (χ2v) is 18.5. The lowest BCUT2D eigenvalue weighted by Crippen LogP contribution is -2.70. The van der Waals surface area contributed by atoms with Crippen molar-refractivity contribution in [1.29, 1.82) is 0 Å². The molecular weight excluding hydrogens is 726 g/mol. The Balaban J connectivity index is 2.17. The molecule has 0 bridgehead atoms. The standard InChI is InChI=1S/C41H79N3O12/c1-16-30-40(12,49)34(46)23(4)20-42-24(5)18-38(10,48)35(56-37-32(45)29(44(13)14)17-25(6)52-37)26(7)33(27(8)36(47)54-30)55-31-19-39(11,51-15)41(50,28(9)53-31)21-43-22(2)3/h22-35,37,42-43,45-46,48-50H,16-21H2,1-15H3/t23-,24-,25-,26-,27-,28+,29+,30+,31?,32-,33-,34+,35-,37+,38-,39-,40-,41+/m1/s1. The van der Waals surface area contributed by atoms with E-state index in [-0.39, 0.29) is 50.0 Å². The fourth-order valence-corrected chi connectivity index (χ4v) is 9.10. The maximum Gasteiger partial charge on any atom is 0.311 e. The summed E-state index contributed by atoms with van der Waals surface area (Å²) in [5.74, 6) is -2.97. The predicted octanol–water partition coefficient (Wildman–Crippen LogP) is 1.93. The van der Waals surface area contributed by atoms with E-state index >= 15 is 0 Å². The van der Waals surface area contributed by atoms with Crippen molar-refractivity contribution in [2.24, 2.45) is 17.8 Å². The first-order chi connectivity index (χ1) is 25.8. The van der Waals surface area contributed by atoms with Gasteiger partial charge in [0.15, 0.2) is 12.6 Å². The van der Waals surface area contributed by atoms with E-state index in [1.54, 1.807) is 41.5 Å². The van der Waals surface area contributed by atoms with Crippen molar-refractivity contribution >= 4 is 5.97 Å². The second kappa shape index (κ2) is 19.6. The summed E-state index contributed by atoms with van der Waals surface area (Å²) in [6, 6.07) is -0.505. The van der Waals surface area contributed by atoms with Crippen LogP contribution in [0.15, 0.2) is 0 Å². The van der Waals surface area contributed by atoms with Gasteiger partial charge in [-0.3, -0.25) is 4.79 Å². The summed E-state index contributed by atoms with van der Waals surface area (Å²) in [5.41, 5.74) is -5.99. The third kappa shape index (κ3) is 11.0. The molecule has 7 N–H and O–H groups in total. The highest BCUT2D eigenvalue weighted by atomic mass is 16.7. The van der Waals surface area contributed by atoms with E-state index < -0.39 is 95.3 Å². The summed E-state index contributed by atoms with van der Waals surface area (Å²) < 4.78 is 38.3. The van der Waals surface area contributed by atoms with Crippen molar-refractivity contribution in [1.82, 2.24) is 15.5 Å². The van der Waals surface area contributed by atoms with E-state index in [9.17, 15) is 30.3 Å². The van der Waals surface area contributed by atoms with E-state index in [2.05, 4.69) is 10.6 Å². The molecule has 3 fully saturated rings. The average molecular weight is 806 g/mol. The van der Waals surface area contributed by atoms with Crippen LogP contribution in [0.25, 0.3) is 0 Å². The summed E-state index contributed by atoms with van der Waals surface area (Å²) in [7, 11) is 5.30. The van der Waals surface area contributed by atoms with Gasteiger partial charge in [0, 0.05) is 50.7 Å². The molecule has 0 aromatic carbocycles. The van der Waals surface area contributed by atoms with Gasteiger partial charge >= 0.3 is 5.97 Å². The number of cyclic esters (lactones) is 1. The van der Waals surface area contributed by atoms with Crippen LogP contribution >= 0.6 is 0 Å². The number of methoxy groups -OCH3 is 1. The Hall–Kier alpha value is -1.05. The van der Waals surface area contributed by atoms with Crippen molar-refractivity contribution in [2.75, 3.05) is 34.3 Å². The van der Waals surface area contributed by atoms with Crippen LogP contribution in [0.3, 0.4) is 0 Å². The monoisotopic (exact) mass is 806 g/mol. The Bertz CT molecular complexity index is 1240. The molecule has 3 aliphatic heterocycles. The van der Waals surface area contributed by atoms with E-state index in [4.69, 9.17) is 28.4 Å². The molecule has 3 rings (SSSR count). The summed E-state index contributed by atoms with van der Waals surface area (Å²) in [4.78, 5) is 16.2. The molecule has 0 aromatic rings. The van der Waals surface area contributed by atoms with Gasteiger partial charge in [-0.2, -0.15) is 0 Å². The van der Waals surface area contributed by atoms with Crippen LogP contribution < -0.4 is 10.6 Å². The number of aliphatic hydroxyl groups is 5. The summed E-state index contributed by atoms with van der Waals surface area (Å²) in [6.45, 7) is 22.0. The first kappa shape index (κ1) is 49.3. The van der Waals surface area contributed by atoms with E-state index in [1.807, 2.05) is 53.6 Å². The van der Waals surface area contributed by atoms with Gasteiger partial charge in [-0.1, -0.05) is 34.6 Å². The summed E-state index contributed by atoms with van der Waals surface area (Å²) in [5, 5.41) is 65.9. The van der Waals surface area contributed by atoms with Gasteiger partial charge in [-0.05, 0) is 87.7 Å². The number of aliphatic hydroxyl groups excluding tert-OH is 2. The van der Waals surface area contributed by atoms with E-state index in [1.165, 1.54) is 14.0 Å². The molecule has 3 aliphatic rings. The number of likely N-dealkylation sites (N-methyl/N-ethyl adjacent to an activating group) is 1. The smallest absolute Gasteiger partial charge is 0.311 e. The Morgan fingerprint density at radius 3 is 2.16 bits per heavy atom. The highest BCUT2D eigenvalue weighted by molar-refractivity contribution is 5.73. The summed E-state index contributed by atoms with van der Waals surface area (Å²) >= 11 is 0. The number of carbonyl (C=O) groups is 1. The number of hydrogen-bond acceptors (Lipinski definition) is 15. The maximum absolute atomic E-state index is 14.3. The molecule has 56 heavy (non-hydrogen) atoms. The molecule has 0 saturated carbocycles. The molecule has 18 atom stereocenters. The maximum atomic E-state index is 14.3. The molecule has 15 heteroatoms. The highest BCUT2D eigenvalue weighted by Gasteiger charge is 2.58. The van der Waals surface area contributed by atoms with Crippen LogP contribution in [0, 0.1) is 17.8 Å². The van der Waals surface area contributed by atoms with E-state index in [0.29, 0.717) is 13.0 Å². The lowest BCUT2D eigenvalue weighted by Gasteiger charge is -2.54. The van der Waals surface area contributed by atoms with Crippen LogP contribution in [0.1, 0.15) is 109 Å². The van der Waals surface area contributed by atoms with Crippen LogP contribution in [-0.4, -0.2) is 167 Å². The lowest BCUT2D eigenvalue weighted by molar-refractivity contribution is -0.336. The first-order valence-electron chi connectivity index (χ1n) is 20.8. The molecule has 1 unspecified atom stereocenters. The van der Waals surface area contributed by atoms with Crippen LogP contribution in [0.4, 0.5) is 0 Å². The van der Waals surface area contributed by atoms with Crippen molar-refractivity contribution in [2.45, 2.75) is 205 Å². The quantitative estimate of drug-likeness (QED) is 0.158. The molecule has 15 nitrogen and oxygen atoms in total. The zero-order chi connectivity index (χ0) is 42.7. The number of nitrogens with one attached hydrogen (secondary N) is 2. The average Bonchev–Trinajstić information content (AvgIpc) is 3.11. The molecule has 0 aromatic heterocycles. The van der Waals surface area contributed by atoms with Gasteiger partial charge in [0.1, 0.15) is 29.0 Å². The Morgan fingerprint density at radius 1 is 0.982 bits per heavy atom. The van der Waals surface area contributed by atoms with Crippen LogP contribution in [0.5, 0.6) is 0 Å². The van der Waals surface area contributed by atoms with Crippen molar-refractivity contribution < 1.29 is 58.7 Å². The minimum Gasteiger partial charge on any atom is -0.459 e. The van der Waals surface area contributed by atoms with Gasteiger partial charge < -0.3 is 69.5 Å². The topological polar surface area (TPSA) is 201 Å². The van der Waals surface area contributed by atoms with Gasteiger partial charge in [0.25, 0.3) is 0 Å². The summed E-state index contributed by atoms with van der Waals surface area (Å²) in [6.07, 6.45) is -7.65. The Morgan fingerprint density at radius 2 is 1.61 bits per heavy atom. The first-order valence-corrected chi connectivity index (χ1v) is 20.8. The zero-order valence-corrected chi connectivity index (χ0v) is 36.9. The highest BCUT2D eigenvalue weighted by Crippen LogP contribution is 2.43. The van der Waals surface area contributed by atoms with Crippen LogP contribution in [0.2, 0.25) is 0 Å². The molecule has 0 radical (unpaired) electrons. The molecule has 3 heterocycles. The van der Waals surface area contributed by atoms with Crippen molar-refractivity contribution in [3.63, 3.8) is 0 Å². The lowest BCUT2D eigenvalue weighted by atomic mass is 9.75. The van der Waals surface area contributed by atoms with Gasteiger partial charge in [-0.25, -0.2) is 0 Å². The Labute approximate surface area is 336 Å². The Kier molecular flexibility index (Phi) is 17.2. The SMILES string of the molecule is CC[C@@H]1OC(=O)[C@H](C)[C@H](OC2C[C@@](C)(OC)[C@](O)(CNC(C)C)[C@H](C)O2)[C@@H](C)[C@@H](O[C@@H]2O[C@H](C)C[C@H](N(C)C)[C@H]2O)[C@](C)(O)C[C@@H](C)NC[C@@H](C)[C@H](O)[C@]1(C)O. The van der Waals surface area contributed by atoms with E-state index in [0.717, 1.165) is 0 Å². The van der Waals surface area contributed by atoms with Gasteiger partial charge in [-0.15, -0.1) is 0 Å². The molecule has 3 saturated heterocycles. The molecule has 0 amide bonds. The van der Waals surface area contributed by atoms with Gasteiger partial charge in [0.2, 0.25) is 0 Å². The minimum atomic E-state index is -1.79. The van der Waals surface area contributed by atoms with Gasteiger partial charge in [0.05, 0.1) is 42.0 Å². The number of rotatable bonds is 10. The number of ether oxygens (including phenoxy) is 6. The van der Waals surface area contributed by atoms with Crippen LogP contribution in [-0.2, 0) is 33.2 Å². The largest absolute Gasteiger partial charge is 0.459 e. The molecule has 0 spiro atoms. The third-order valence-corrected chi connectivity index (χ3v) is 13.0. The number of nitrogens with zero attached hydrogens (tertiary/aromatic N) is 1. The molecular formula is C41H79N3O12. The van der Waals surface area contributed by atoms with Crippen molar-refractivity contribution in [3.8, 4) is 0 Å². The second-order valence-electron chi connectivity index (χ2n) is 18.5. The number of carbonyl (C=O) groups excluding carboxylic acids is 1. The fourth-order valence-electron chi connectivity index (χ4n) is 9.10. The number of esters is 1. The zero-order valence-electron chi connectivity index (χ0n) is 36.9. The third-order valence-electron chi connectivity index (χ3n) is 13.0. The van der Waals surface area contributed by atoms with Crippen molar-refractivity contribution in [3.05, 3.63) is 0 Å². The number of hydrogen-bond donors (Lipinski definition) is 7. The normalized spacial score (nSPS) is 48.0. The molecule has 330 valence electrons.